The van der Waals surface area contributed by atoms with Crippen LogP contribution in [0, 0.1) is 5.53 Å². The Kier molecular flexibility index (Phi) is 7.56. The highest BCUT2D eigenvalue weighted by Crippen LogP contribution is 2.48. The number of amides is 1. The lowest BCUT2D eigenvalue weighted by molar-refractivity contribution is -0.140. The van der Waals surface area contributed by atoms with Crippen LogP contribution in [-0.2, 0) is 21.6 Å². The van der Waals surface area contributed by atoms with Gasteiger partial charge in [0, 0.05) is 0 Å². The predicted molar refractivity (Wildman–Crippen MR) is 132 cm³/mol. The van der Waals surface area contributed by atoms with Crippen molar-refractivity contribution in [3.05, 3.63) is 90.0 Å². The van der Waals surface area contributed by atoms with Crippen LogP contribution in [0.3, 0.4) is 0 Å². The Hall–Kier alpha value is -4.54. The van der Waals surface area contributed by atoms with Gasteiger partial charge in [0.05, 0.1) is 11.1 Å². The van der Waals surface area contributed by atoms with Crippen LogP contribution in [0.2, 0.25) is 0 Å². The average molecular weight is 524 g/mol. The van der Waals surface area contributed by atoms with Crippen molar-refractivity contribution < 1.29 is 32.6 Å². The summed E-state index contributed by atoms with van der Waals surface area (Å²) in [6, 6.07) is 19.1. The van der Waals surface area contributed by atoms with Crippen molar-refractivity contribution in [2.45, 2.75) is 37.1 Å². The van der Waals surface area contributed by atoms with Gasteiger partial charge in [-0.2, -0.15) is 18.3 Å². The summed E-state index contributed by atoms with van der Waals surface area (Å²) in [5, 5.41) is 14.1. The standard InChI is InChI=1S/C27H23F3N4O4/c28-27(29,30)22(34-31)23(33-25(37)38-16-17-4-2-1-3-5-17)32-21-12-8-19(9-13-21)18-6-10-20(11-7-18)26(14-15-26)24(35)36/h1-13,22,31H,14-16H2,(H,35,36)(H,32,33,37). The number of halogens is 3. The van der Waals surface area contributed by atoms with E-state index in [4.69, 9.17) is 10.3 Å². The molecule has 3 aromatic carbocycles. The van der Waals surface area contributed by atoms with Crippen molar-refractivity contribution in [2.24, 2.45) is 10.1 Å². The molecule has 1 unspecified atom stereocenters. The monoisotopic (exact) mass is 524 g/mol. The quantitative estimate of drug-likeness (QED) is 0.179. The zero-order valence-electron chi connectivity index (χ0n) is 19.9. The molecule has 1 aliphatic carbocycles. The van der Waals surface area contributed by atoms with Crippen LogP contribution in [0.4, 0.5) is 23.7 Å². The molecule has 0 aromatic heterocycles. The van der Waals surface area contributed by atoms with Gasteiger partial charge in [-0.3, -0.25) is 10.1 Å². The number of carbonyl (C=O) groups is 2. The number of carboxylic acid groups (broad SMARTS) is 1. The van der Waals surface area contributed by atoms with E-state index in [0.29, 0.717) is 18.4 Å². The van der Waals surface area contributed by atoms with Gasteiger partial charge < -0.3 is 9.84 Å². The summed E-state index contributed by atoms with van der Waals surface area (Å²) in [4.78, 5) is 27.7. The van der Waals surface area contributed by atoms with E-state index in [1.54, 1.807) is 66.7 Å². The topological polar surface area (TPSA) is 124 Å². The van der Waals surface area contributed by atoms with Crippen molar-refractivity contribution in [3.63, 3.8) is 0 Å². The first-order valence-electron chi connectivity index (χ1n) is 11.6. The zero-order valence-corrected chi connectivity index (χ0v) is 19.9. The van der Waals surface area contributed by atoms with E-state index < -0.39 is 35.5 Å². The molecule has 0 aliphatic heterocycles. The molecule has 3 aromatic rings. The molecule has 1 aliphatic rings. The molecule has 1 saturated carbocycles. The van der Waals surface area contributed by atoms with Gasteiger partial charge in [0.25, 0.3) is 0 Å². The predicted octanol–water partition coefficient (Wildman–Crippen LogP) is 6.39. The number of aliphatic carboxylic acids is 1. The third-order valence-electron chi connectivity index (χ3n) is 6.19. The van der Waals surface area contributed by atoms with Gasteiger partial charge in [-0.25, -0.2) is 15.3 Å². The number of rotatable bonds is 8. The summed E-state index contributed by atoms with van der Waals surface area (Å²) in [5.74, 6) is -1.75. The number of nitrogens with zero attached hydrogens (tertiary/aromatic N) is 2. The van der Waals surface area contributed by atoms with Crippen molar-refractivity contribution in [1.29, 1.82) is 5.53 Å². The second kappa shape index (κ2) is 10.8. The smallest absolute Gasteiger partial charge is 0.419 e. The molecule has 0 spiro atoms. The number of alkyl carbamates (subject to hydrolysis) is 1. The number of alkyl halides is 3. The Labute approximate surface area is 215 Å². The molecule has 1 amide bonds. The molecule has 0 saturated heterocycles. The molecule has 1 atom stereocenters. The SMILES string of the molecule is N=NC(/C(=N/c1ccc(-c2ccc(C3(C(=O)O)CC3)cc2)cc1)NC(=O)OCc1ccccc1)C(F)(F)F. The number of aliphatic imine (C=N–C) groups is 1. The first-order valence-corrected chi connectivity index (χ1v) is 11.6. The van der Waals surface area contributed by atoms with E-state index in [1.807, 2.05) is 5.32 Å². The first kappa shape index (κ1) is 26.5. The molecule has 0 radical (unpaired) electrons. The molecule has 0 bridgehead atoms. The lowest BCUT2D eigenvalue weighted by atomic mass is 9.94. The largest absolute Gasteiger partial charge is 0.481 e. The summed E-state index contributed by atoms with van der Waals surface area (Å²) in [6.45, 7) is -0.171. The molecular weight excluding hydrogens is 501 g/mol. The molecule has 8 nitrogen and oxygen atoms in total. The van der Waals surface area contributed by atoms with E-state index in [-0.39, 0.29) is 12.3 Å². The van der Waals surface area contributed by atoms with Crippen LogP contribution in [0.25, 0.3) is 11.1 Å². The average Bonchev–Trinajstić information content (AvgIpc) is 3.71. The van der Waals surface area contributed by atoms with Crippen molar-refractivity contribution in [1.82, 2.24) is 5.32 Å². The summed E-state index contributed by atoms with van der Waals surface area (Å²) >= 11 is 0. The van der Waals surface area contributed by atoms with Gasteiger partial charge in [-0.1, -0.05) is 66.7 Å². The second-order valence-corrected chi connectivity index (χ2v) is 8.77. The highest BCUT2D eigenvalue weighted by atomic mass is 19.4. The molecule has 1 fully saturated rings. The molecule has 0 heterocycles. The third kappa shape index (κ3) is 6.05. The summed E-state index contributed by atoms with van der Waals surface area (Å²) in [7, 11) is 0. The Morgan fingerprint density at radius 3 is 2.05 bits per heavy atom. The van der Waals surface area contributed by atoms with Crippen LogP contribution in [-0.4, -0.2) is 35.2 Å². The van der Waals surface area contributed by atoms with Crippen LogP contribution in [0.5, 0.6) is 0 Å². The fourth-order valence-corrected chi connectivity index (χ4v) is 3.91. The fourth-order valence-electron chi connectivity index (χ4n) is 3.91. The molecule has 196 valence electrons. The first-order chi connectivity index (χ1) is 18.1. The van der Waals surface area contributed by atoms with Gasteiger partial charge in [0.15, 0.2) is 0 Å². The van der Waals surface area contributed by atoms with Gasteiger partial charge in [-0.15, -0.1) is 0 Å². The van der Waals surface area contributed by atoms with E-state index in [9.17, 15) is 27.9 Å². The molecule has 4 rings (SSSR count). The number of ether oxygens (including phenoxy) is 1. The van der Waals surface area contributed by atoms with Gasteiger partial charge in [0.1, 0.15) is 12.4 Å². The van der Waals surface area contributed by atoms with Crippen LogP contribution in [0.1, 0.15) is 24.0 Å². The molecular formula is C27H23F3N4O4. The van der Waals surface area contributed by atoms with Crippen molar-refractivity contribution in [2.75, 3.05) is 0 Å². The number of nitrogens with one attached hydrogen (secondary N) is 2. The second-order valence-electron chi connectivity index (χ2n) is 8.77. The number of amidine groups is 1. The summed E-state index contributed by atoms with van der Waals surface area (Å²) in [6.07, 6.45) is -4.96. The van der Waals surface area contributed by atoms with E-state index in [2.05, 4.69) is 10.1 Å². The number of hydrogen-bond donors (Lipinski definition) is 3. The van der Waals surface area contributed by atoms with Crippen molar-refractivity contribution in [3.8, 4) is 11.1 Å². The summed E-state index contributed by atoms with van der Waals surface area (Å²) in [5.41, 5.74) is 9.16. The Balaban J connectivity index is 1.52. The Morgan fingerprint density at radius 2 is 1.55 bits per heavy atom. The van der Waals surface area contributed by atoms with Gasteiger partial charge in [0.2, 0.25) is 6.04 Å². The Bertz CT molecular complexity index is 1340. The van der Waals surface area contributed by atoms with Gasteiger partial charge >= 0.3 is 18.2 Å². The van der Waals surface area contributed by atoms with Crippen LogP contribution in [0.15, 0.2) is 89.0 Å². The minimum atomic E-state index is -4.97. The Morgan fingerprint density at radius 1 is 0.974 bits per heavy atom. The van der Waals surface area contributed by atoms with Gasteiger partial charge in [-0.05, 0) is 47.2 Å². The molecule has 3 N–H and O–H groups in total. The van der Waals surface area contributed by atoms with E-state index in [0.717, 1.165) is 16.7 Å². The maximum absolute atomic E-state index is 13.5. The highest BCUT2D eigenvalue weighted by molar-refractivity contribution is 6.00. The minimum absolute atomic E-state index is 0.0874. The number of benzene rings is 3. The lowest BCUT2D eigenvalue weighted by Crippen LogP contribution is -2.45. The van der Waals surface area contributed by atoms with Crippen molar-refractivity contribution >= 4 is 23.6 Å². The number of carbonyl (C=O) groups excluding carboxylic acids is 1. The van der Waals surface area contributed by atoms with Crippen LogP contribution < -0.4 is 5.32 Å². The third-order valence-corrected chi connectivity index (χ3v) is 6.19. The molecule has 11 heteroatoms. The number of hydrogen-bond acceptors (Lipinski definition) is 6. The zero-order chi connectivity index (χ0) is 27.3. The van der Waals surface area contributed by atoms with Crippen LogP contribution >= 0.6 is 0 Å². The highest BCUT2D eigenvalue weighted by Gasteiger charge is 2.51. The normalized spacial score (nSPS) is 15.3. The van der Waals surface area contributed by atoms with E-state index in [1.165, 1.54) is 12.1 Å². The maximum atomic E-state index is 13.5. The number of carboxylic acids is 1. The fraction of sp³-hybridized carbons (Fsp3) is 0.222. The summed E-state index contributed by atoms with van der Waals surface area (Å²) < 4.78 is 45.5. The maximum Gasteiger partial charge on any atom is 0.419 e. The van der Waals surface area contributed by atoms with E-state index >= 15 is 0 Å². The minimum Gasteiger partial charge on any atom is -0.481 e. The lowest BCUT2D eigenvalue weighted by Gasteiger charge is -2.18. The molecule has 38 heavy (non-hydrogen) atoms.